The van der Waals surface area contributed by atoms with Crippen LogP contribution in [0.1, 0.15) is 43.9 Å². The molecule has 0 spiro atoms. The molecule has 1 saturated heterocycles. The van der Waals surface area contributed by atoms with Crippen LogP contribution in [-0.2, 0) is 13.0 Å². The second-order valence-corrected chi connectivity index (χ2v) is 6.87. The van der Waals surface area contributed by atoms with Crippen molar-refractivity contribution in [1.29, 1.82) is 0 Å². The molecule has 1 aliphatic rings. The summed E-state index contributed by atoms with van der Waals surface area (Å²) in [6.07, 6.45) is 9.63. The van der Waals surface area contributed by atoms with Crippen molar-refractivity contribution >= 4 is 11.8 Å². The summed E-state index contributed by atoms with van der Waals surface area (Å²) in [6, 6.07) is 8.14. The minimum absolute atomic E-state index is 0.638. The Morgan fingerprint density at radius 3 is 2.78 bits per heavy atom. The lowest BCUT2D eigenvalue weighted by atomic mass is 10.2. The van der Waals surface area contributed by atoms with Crippen molar-refractivity contribution in [2.24, 2.45) is 4.99 Å². The van der Waals surface area contributed by atoms with Crippen molar-refractivity contribution in [2.45, 2.75) is 45.6 Å². The van der Waals surface area contributed by atoms with Crippen LogP contribution in [0.3, 0.4) is 0 Å². The number of nitrogens with zero attached hydrogens (tertiary/aromatic N) is 3. The zero-order chi connectivity index (χ0) is 18.7. The lowest BCUT2D eigenvalue weighted by Gasteiger charge is -2.21. The van der Waals surface area contributed by atoms with Gasteiger partial charge in [-0.25, -0.2) is 9.98 Å². The van der Waals surface area contributed by atoms with Crippen molar-refractivity contribution in [3.05, 3.63) is 48.0 Å². The summed E-state index contributed by atoms with van der Waals surface area (Å²) in [6.45, 7) is 6.55. The van der Waals surface area contributed by atoms with E-state index in [2.05, 4.69) is 39.6 Å². The summed E-state index contributed by atoms with van der Waals surface area (Å²) < 4.78 is 5.37. The molecule has 6 heteroatoms. The first-order chi connectivity index (χ1) is 13.3. The minimum Gasteiger partial charge on any atom is -0.469 e. The number of pyridine rings is 1. The molecular weight excluding hydrogens is 338 g/mol. The highest BCUT2D eigenvalue weighted by Crippen LogP contribution is 2.18. The standard InChI is InChI=1S/C21H31N5O/c1-2-22-21(24-12-10-19-8-7-15-27-19)25-17-18-9-11-23-20(16-18)26-13-5-3-4-6-14-26/h7-9,11,15-16H,2-6,10,12-14,17H2,1H3,(H2,22,24,25). The fourth-order valence-electron chi connectivity index (χ4n) is 3.30. The van der Waals surface area contributed by atoms with Crippen LogP contribution in [0.5, 0.6) is 0 Å². The van der Waals surface area contributed by atoms with E-state index in [1.54, 1.807) is 6.26 Å². The van der Waals surface area contributed by atoms with Gasteiger partial charge in [-0.15, -0.1) is 0 Å². The second-order valence-electron chi connectivity index (χ2n) is 6.87. The Labute approximate surface area is 162 Å². The van der Waals surface area contributed by atoms with Gasteiger partial charge in [0, 0.05) is 38.8 Å². The normalized spacial score (nSPS) is 15.4. The van der Waals surface area contributed by atoms with Crippen LogP contribution in [-0.4, -0.2) is 37.1 Å². The monoisotopic (exact) mass is 369 g/mol. The molecule has 2 aromatic heterocycles. The number of rotatable bonds is 7. The third kappa shape index (κ3) is 6.31. The van der Waals surface area contributed by atoms with Gasteiger partial charge in [-0.05, 0) is 49.6 Å². The Morgan fingerprint density at radius 1 is 1.19 bits per heavy atom. The average Bonchev–Trinajstić information content (AvgIpc) is 3.06. The number of aliphatic imine (C=N–C) groups is 1. The third-order valence-electron chi connectivity index (χ3n) is 4.75. The summed E-state index contributed by atoms with van der Waals surface area (Å²) in [5.74, 6) is 2.90. The molecular formula is C21H31N5O. The van der Waals surface area contributed by atoms with Crippen LogP contribution in [0.4, 0.5) is 5.82 Å². The zero-order valence-electron chi connectivity index (χ0n) is 16.3. The first-order valence-corrected chi connectivity index (χ1v) is 10.1. The number of aromatic nitrogens is 1. The molecule has 2 N–H and O–H groups in total. The van der Waals surface area contributed by atoms with Gasteiger partial charge in [-0.3, -0.25) is 0 Å². The van der Waals surface area contributed by atoms with E-state index in [0.29, 0.717) is 6.54 Å². The largest absolute Gasteiger partial charge is 0.469 e. The number of hydrogen-bond donors (Lipinski definition) is 2. The molecule has 0 radical (unpaired) electrons. The van der Waals surface area contributed by atoms with Crippen LogP contribution in [0.2, 0.25) is 0 Å². The minimum atomic E-state index is 0.638. The lowest BCUT2D eigenvalue weighted by molar-refractivity contribution is 0.507. The highest BCUT2D eigenvalue weighted by atomic mass is 16.3. The van der Waals surface area contributed by atoms with Gasteiger partial charge < -0.3 is 20.0 Å². The lowest BCUT2D eigenvalue weighted by Crippen LogP contribution is -2.38. The molecule has 6 nitrogen and oxygen atoms in total. The van der Waals surface area contributed by atoms with Gasteiger partial charge in [0.05, 0.1) is 12.8 Å². The summed E-state index contributed by atoms with van der Waals surface area (Å²) >= 11 is 0. The average molecular weight is 370 g/mol. The Balaban J connectivity index is 1.56. The number of nitrogens with one attached hydrogen (secondary N) is 2. The fraction of sp³-hybridized carbons (Fsp3) is 0.524. The van der Waals surface area contributed by atoms with Gasteiger partial charge in [-0.1, -0.05) is 12.8 Å². The second kappa shape index (κ2) is 10.6. The highest BCUT2D eigenvalue weighted by molar-refractivity contribution is 5.79. The summed E-state index contributed by atoms with van der Waals surface area (Å²) in [4.78, 5) is 11.7. The topological polar surface area (TPSA) is 65.7 Å². The predicted octanol–water partition coefficient (Wildman–Crippen LogP) is 3.35. The summed E-state index contributed by atoms with van der Waals surface area (Å²) in [5.41, 5.74) is 1.19. The van der Waals surface area contributed by atoms with E-state index in [-0.39, 0.29) is 0 Å². The van der Waals surface area contributed by atoms with Gasteiger partial charge in [-0.2, -0.15) is 0 Å². The van der Waals surface area contributed by atoms with Crippen molar-refractivity contribution in [3.63, 3.8) is 0 Å². The molecule has 1 aliphatic heterocycles. The molecule has 0 saturated carbocycles. The van der Waals surface area contributed by atoms with Gasteiger partial charge in [0.2, 0.25) is 0 Å². The van der Waals surface area contributed by atoms with Gasteiger partial charge in [0.15, 0.2) is 5.96 Å². The van der Waals surface area contributed by atoms with Crippen molar-refractivity contribution in [3.8, 4) is 0 Å². The molecule has 1 fully saturated rings. The highest BCUT2D eigenvalue weighted by Gasteiger charge is 2.11. The molecule has 0 amide bonds. The molecule has 3 rings (SSSR count). The molecule has 146 valence electrons. The Kier molecular flexibility index (Phi) is 7.56. The molecule has 3 heterocycles. The van der Waals surface area contributed by atoms with E-state index in [4.69, 9.17) is 9.41 Å². The quantitative estimate of drug-likeness (QED) is 0.579. The fourth-order valence-corrected chi connectivity index (χ4v) is 3.30. The molecule has 27 heavy (non-hydrogen) atoms. The van der Waals surface area contributed by atoms with E-state index >= 15 is 0 Å². The maximum absolute atomic E-state index is 5.37. The zero-order valence-corrected chi connectivity index (χ0v) is 16.3. The Bertz CT molecular complexity index is 690. The third-order valence-corrected chi connectivity index (χ3v) is 4.75. The molecule has 0 bridgehead atoms. The van der Waals surface area contributed by atoms with Crippen LogP contribution in [0.25, 0.3) is 0 Å². The smallest absolute Gasteiger partial charge is 0.191 e. The number of furan rings is 1. The van der Waals surface area contributed by atoms with Crippen molar-refractivity contribution < 1.29 is 4.42 Å². The summed E-state index contributed by atoms with van der Waals surface area (Å²) in [5, 5.41) is 6.67. The molecule has 0 unspecified atom stereocenters. The van der Waals surface area contributed by atoms with E-state index in [9.17, 15) is 0 Å². The van der Waals surface area contributed by atoms with E-state index in [0.717, 1.165) is 50.1 Å². The van der Waals surface area contributed by atoms with Crippen LogP contribution in [0, 0.1) is 0 Å². The maximum Gasteiger partial charge on any atom is 0.191 e. The number of hydrogen-bond acceptors (Lipinski definition) is 4. The van der Waals surface area contributed by atoms with E-state index in [1.165, 1.54) is 31.2 Å². The molecule has 0 aromatic carbocycles. The van der Waals surface area contributed by atoms with Crippen LogP contribution < -0.4 is 15.5 Å². The number of guanidine groups is 1. The van der Waals surface area contributed by atoms with Gasteiger partial charge in [0.1, 0.15) is 11.6 Å². The van der Waals surface area contributed by atoms with Crippen LogP contribution >= 0.6 is 0 Å². The molecule has 2 aromatic rings. The van der Waals surface area contributed by atoms with Crippen molar-refractivity contribution in [2.75, 3.05) is 31.1 Å². The Hall–Kier alpha value is -2.50. The van der Waals surface area contributed by atoms with Gasteiger partial charge >= 0.3 is 0 Å². The Morgan fingerprint density at radius 2 is 2.04 bits per heavy atom. The first kappa shape index (κ1) is 19.3. The molecule has 0 atom stereocenters. The SMILES string of the molecule is CCNC(=NCc1ccnc(N2CCCCCC2)c1)NCCc1ccco1. The maximum atomic E-state index is 5.37. The van der Waals surface area contributed by atoms with Crippen LogP contribution in [0.15, 0.2) is 46.1 Å². The predicted molar refractivity (Wildman–Crippen MR) is 110 cm³/mol. The van der Waals surface area contributed by atoms with Crippen molar-refractivity contribution in [1.82, 2.24) is 15.6 Å². The van der Waals surface area contributed by atoms with E-state index < -0.39 is 0 Å². The van der Waals surface area contributed by atoms with Gasteiger partial charge in [0.25, 0.3) is 0 Å². The first-order valence-electron chi connectivity index (χ1n) is 10.1. The summed E-state index contributed by atoms with van der Waals surface area (Å²) in [7, 11) is 0. The molecule has 0 aliphatic carbocycles. The van der Waals surface area contributed by atoms with E-state index in [1.807, 2.05) is 18.3 Å². The number of anilines is 1.